The van der Waals surface area contributed by atoms with Crippen molar-refractivity contribution in [3.8, 4) is 11.3 Å². The first-order chi connectivity index (χ1) is 16.4. The van der Waals surface area contributed by atoms with Crippen molar-refractivity contribution in [1.29, 1.82) is 0 Å². The Morgan fingerprint density at radius 1 is 0.882 bits per heavy atom. The van der Waals surface area contributed by atoms with Crippen LogP contribution in [-0.4, -0.2) is 33.7 Å². The van der Waals surface area contributed by atoms with E-state index in [-0.39, 0.29) is 16.5 Å². The van der Waals surface area contributed by atoms with Gasteiger partial charge < -0.3 is 10.2 Å². The van der Waals surface area contributed by atoms with Gasteiger partial charge in [-0.05, 0) is 60.7 Å². The fourth-order valence-corrected chi connectivity index (χ4v) is 3.86. The van der Waals surface area contributed by atoms with E-state index < -0.39 is 5.91 Å². The first kappa shape index (κ1) is 23.4. The summed E-state index contributed by atoms with van der Waals surface area (Å²) in [4.78, 5) is 35.8. The quantitative estimate of drug-likeness (QED) is 0.360. The van der Waals surface area contributed by atoms with Gasteiger partial charge >= 0.3 is 0 Å². The minimum Gasteiger partial charge on any atom is -0.336 e. The third kappa shape index (κ3) is 5.42. The topological polar surface area (TPSA) is 75.2 Å². The predicted molar refractivity (Wildman–Crippen MR) is 134 cm³/mol. The standard InChI is InChI=1S/C26H20Cl2N4O2/c1-32(16-19-6-2-4-12-29-19)26(34)17-8-10-20(23(28)14-17)25(33)31-18-9-11-22(27)21(15-18)24-7-3-5-13-30-24/h2-15H,16H2,1H3,(H,31,33). The normalized spacial score (nSPS) is 10.6. The van der Waals surface area contributed by atoms with Crippen LogP contribution in [0.5, 0.6) is 0 Å². The Kier molecular flexibility index (Phi) is 7.21. The molecule has 2 heterocycles. The van der Waals surface area contributed by atoms with Crippen molar-refractivity contribution < 1.29 is 9.59 Å². The molecule has 0 bridgehead atoms. The van der Waals surface area contributed by atoms with Crippen LogP contribution in [0, 0.1) is 0 Å². The molecule has 0 aliphatic heterocycles. The lowest BCUT2D eigenvalue weighted by Crippen LogP contribution is -2.26. The van der Waals surface area contributed by atoms with Gasteiger partial charge in [0, 0.05) is 36.3 Å². The largest absolute Gasteiger partial charge is 0.336 e. The lowest BCUT2D eigenvalue weighted by Gasteiger charge is -2.17. The molecule has 2 aromatic carbocycles. The SMILES string of the molecule is CN(Cc1ccccn1)C(=O)c1ccc(C(=O)Nc2ccc(Cl)c(-c3ccccn3)c2)c(Cl)c1. The third-order valence-electron chi connectivity index (χ3n) is 5.10. The number of hydrogen-bond acceptors (Lipinski definition) is 4. The number of benzene rings is 2. The molecule has 2 amide bonds. The summed E-state index contributed by atoms with van der Waals surface area (Å²) in [6, 6.07) is 20.8. The lowest BCUT2D eigenvalue weighted by atomic mass is 10.1. The van der Waals surface area contributed by atoms with Crippen molar-refractivity contribution in [1.82, 2.24) is 14.9 Å². The van der Waals surface area contributed by atoms with E-state index in [1.54, 1.807) is 48.6 Å². The van der Waals surface area contributed by atoms with E-state index in [1.807, 2.05) is 36.4 Å². The van der Waals surface area contributed by atoms with Crippen LogP contribution in [0.1, 0.15) is 26.4 Å². The highest BCUT2D eigenvalue weighted by molar-refractivity contribution is 6.35. The van der Waals surface area contributed by atoms with Crippen LogP contribution in [0.15, 0.2) is 85.2 Å². The van der Waals surface area contributed by atoms with Crippen LogP contribution < -0.4 is 5.32 Å². The Morgan fingerprint density at radius 3 is 2.32 bits per heavy atom. The highest BCUT2D eigenvalue weighted by atomic mass is 35.5. The van der Waals surface area contributed by atoms with Gasteiger partial charge in [-0.25, -0.2) is 0 Å². The van der Waals surface area contributed by atoms with Crippen LogP contribution >= 0.6 is 23.2 Å². The van der Waals surface area contributed by atoms with E-state index in [1.165, 1.54) is 12.1 Å². The molecule has 0 saturated carbocycles. The smallest absolute Gasteiger partial charge is 0.257 e. The fourth-order valence-electron chi connectivity index (χ4n) is 3.38. The maximum Gasteiger partial charge on any atom is 0.257 e. The summed E-state index contributed by atoms with van der Waals surface area (Å²) in [6.45, 7) is 0.356. The molecule has 0 atom stereocenters. The van der Waals surface area contributed by atoms with Crippen LogP contribution in [0.2, 0.25) is 10.0 Å². The summed E-state index contributed by atoms with van der Waals surface area (Å²) >= 11 is 12.7. The zero-order valence-corrected chi connectivity index (χ0v) is 19.7. The van der Waals surface area contributed by atoms with Crippen molar-refractivity contribution in [2.75, 3.05) is 12.4 Å². The van der Waals surface area contributed by atoms with Gasteiger partial charge in [-0.2, -0.15) is 0 Å². The van der Waals surface area contributed by atoms with Crippen LogP contribution in [0.4, 0.5) is 5.69 Å². The molecule has 1 N–H and O–H groups in total. The van der Waals surface area contributed by atoms with Gasteiger partial charge in [-0.3, -0.25) is 19.6 Å². The summed E-state index contributed by atoms with van der Waals surface area (Å²) in [5.41, 5.74) is 3.33. The van der Waals surface area contributed by atoms with Crippen LogP contribution in [0.25, 0.3) is 11.3 Å². The Morgan fingerprint density at radius 2 is 1.65 bits per heavy atom. The van der Waals surface area contributed by atoms with Gasteiger partial charge in [-0.1, -0.05) is 35.3 Å². The number of carbonyl (C=O) groups is 2. The molecule has 0 unspecified atom stereocenters. The van der Waals surface area contributed by atoms with Gasteiger partial charge in [0.05, 0.1) is 33.5 Å². The number of pyridine rings is 2. The summed E-state index contributed by atoms with van der Waals surface area (Å²) in [7, 11) is 1.69. The van der Waals surface area contributed by atoms with Crippen molar-refractivity contribution >= 4 is 40.7 Å². The van der Waals surface area contributed by atoms with E-state index >= 15 is 0 Å². The molecular weight excluding hydrogens is 471 g/mol. The molecule has 2 aromatic heterocycles. The summed E-state index contributed by atoms with van der Waals surface area (Å²) < 4.78 is 0. The highest BCUT2D eigenvalue weighted by Crippen LogP contribution is 2.30. The van der Waals surface area contributed by atoms with Gasteiger partial charge in [0.25, 0.3) is 11.8 Å². The summed E-state index contributed by atoms with van der Waals surface area (Å²) in [5, 5.41) is 3.52. The third-order valence-corrected chi connectivity index (χ3v) is 5.74. The van der Waals surface area contributed by atoms with Crippen molar-refractivity contribution in [2.45, 2.75) is 6.54 Å². The number of hydrogen-bond donors (Lipinski definition) is 1. The Balaban J connectivity index is 1.49. The van der Waals surface area contributed by atoms with E-state index in [0.29, 0.717) is 34.1 Å². The van der Waals surface area contributed by atoms with Crippen LogP contribution in [0.3, 0.4) is 0 Å². The second-order valence-electron chi connectivity index (χ2n) is 7.54. The van der Waals surface area contributed by atoms with E-state index in [4.69, 9.17) is 23.2 Å². The van der Waals surface area contributed by atoms with Crippen LogP contribution in [-0.2, 0) is 6.54 Å². The fraction of sp³-hybridized carbons (Fsp3) is 0.0769. The van der Waals surface area contributed by atoms with Gasteiger partial charge in [-0.15, -0.1) is 0 Å². The minimum absolute atomic E-state index is 0.175. The maximum absolute atomic E-state index is 12.9. The number of rotatable bonds is 6. The zero-order chi connectivity index (χ0) is 24.1. The maximum atomic E-state index is 12.9. The van der Waals surface area contributed by atoms with Crippen molar-refractivity contribution in [2.24, 2.45) is 0 Å². The monoisotopic (exact) mass is 490 g/mol. The number of halogens is 2. The predicted octanol–water partition coefficient (Wildman–Crippen LogP) is 5.97. The summed E-state index contributed by atoms with van der Waals surface area (Å²) in [6.07, 6.45) is 3.35. The second kappa shape index (κ2) is 10.5. The molecule has 0 aliphatic carbocycles. The number of anilines is 1. The molecule has 4 rings (SSSR count). The van der Waals surface area contributed by atoms with Gasteiger partial charge in [0.15, 0.2) is 0 Å². The molecular formula is C26H20Cl2N4O2. The average Bonchev–Trinajstić information content (AvgIpc) is 2.85. The Labute approximate surface area is 207 Å². The molecule has 0 aliphatic rings. The molecule has 0 radical (unpaired) electrons. The number of carbonyl (C=O) groups excluding carboxylic acids is 2. The number of nitrogens with one attached hydrogen (secondary N) is 1. The van der Waals surface area contributed by atoms with E-state index in [9.17, 15) is 9.59 Å². The lowest BCUT2D eigenvalue weighted by molar-refractivity contribution is 0.0783. The van der Waals surface area contributed by atoms with Crippen molar-refractivity contribution in [3.05, 3.63) is 112 Å². The van der Waals surface area contributed by atoms with Crippen molar-refractivity contribution in [3.63, 3.8) is 0 Å². The molecule has 0 spiro atoms. The Hall–Kier alpha value is -3.74. The average molecular weight is 491 g/mol. The zero-order valence-electron chi connectivity index (χ0n) is 18.2. The number of amides is 2. The molecule has 8 heteroatoms. The van der Waals surface area contributed by atoms with Gasteiger partial charge in [0.2, 0.25) is 0 Å². The molecule has 6 nitrogen and oxygen atoms in total. The Bertz CT molecular complexity index is 1330. The first-order valence-electron chi connectivity index (χ1n) is 10.4. The number of nitrogens with zero attached hydrogens (tertiary/aromatic N) is 3. The first-order valence-corrected chi connectivity index (χ1v) is 11.1. The van der Waals surface area contributed by atoms with Gasteiger partial charge in [0.1, 0.15) is 0 Å². The number of aromatic nitrogens is 2. The summed E-state index contributed by atoms with van der Waals surface area (Å²) in [5.74, 6) is -0.627. The van der Waals surface area contributed by atoms with E-state index in [0.717, 1.165) is 5.69 Å². The molecule has 4 aromatic rings. The second-order valence-corrected chi connectivity index (χ2v) is 8.36. The molecule has 170 valence electrons. The molecule has 34 heavy (non-hydrogen) atoms. The highest BCUT2D eigenvalue weighted by Gasteiger charge is 2.17. The van der Waals surface area contributed by atoms with E-state index in [2.05, 4.69) is 15.3 Å². The minimum atomic E-state index is -0.403. The molecule has 0 saturated heterocycles. The molecule has 0 fully saturated rings.